The van der Waals surface area contributed by atoms with Gasteiger partial charge in [-0.05, 0) is 23.3 Å². The highest BCUT2D eigenvalue weighted by molar-refractivity contribution is 5.81. The standard InChI is InChI=1S/C25H27N7O2/c1-29(2)20-14-12-19(13-15-20)17-26-28-24-27-22-21(23(33)31(4)25(34)30(22)3)32(24)16-8-11-18-9-6-5-7-10-18/h5-15,17H,16H2,1-4H3,(H,27,28)/b11-8-,26-17?. The summed E-state index contributed by atoms with van der Waals surface area (Å²) in [6.07, 6.45) is 5.59. The average molecular weight is 458 g/mol. The minimum absolute atomic E-state index is 0.300. The molecular formula is C25H27N7O2. The van der Waals surface area contributed by atoms with Crippen LogP contribution in [-0.4, -0.2) is 39.0 Å². The van der Waals surface area contributed by atoms with Crippen LogP contribution in [0.2, 0.25) is 0 Å². The largest absolute Gasteiger partial charge is 0.378 e. The fourth-order valence-corrected chi connectivity index (χ4v) is 3.59. The summed E-state index contributed by atoms with van der Waals surface area (Å²) in [6.45, 7) is 0.369. The number of hydrazone groups is 1. The van der Waals surface area contributed by atoms with Gasteiger partial charge in [0.2, 0.25) is 5.95 Å². The van der Waals surface area contributed by atoms with Crippen LogP contribution in [0.15, 0.2) is 75.4 Å². The van der Waals surface area contributed by atoms with Gasteiger partial charge in [-0.1, -0.05) is 54.6 Å². The predicted molar refractivity (Wildman–Crippen MR) is 138 cm³/mol. The molecule has 9 nitrogen and oxygen atoms in total. The number of aryl methyl sites for hydroxylation is 1. The first-order valence-corrected chi connectivity index (χ1v) is 10.8. The number of anilines is 2. The van der Waals surface area contributed by atoms with Gasteiger partial charge in [-0.2, -0.15) is 10.1 Å². The third kappa shape index (κ3) is 4.54. The molecule has 2 heterocycles. The Bertz CT molecular complexity index is 1470. The quantitative estimate of drug-likeness (QED) is 0.340. The predicted octanol–water partition coefficient (Wildman–Crippen LogP) is 2.66. The minimum Gasteiger partial charge on any atom is -0.378 e. The van der Waals surface area contributed by atoms with Crippen LogP contribution >= 0.6 is 0 Å². The number of benzene rings is 2. The van der Waals surface area contributed by atoms with Gasteiger partial charge in [0.05, 0.1) is 6.21 Å². The summed E-state index contributed by atoms with van der Waals surface area (Å²) in [5.74, 6) is 0.368. The summed E-state index contributed by atoms with van der Waals surface area (Å²) >= 11 is 0. The first kappa shape index (κ1) is 22.8. The Morgan fingerprint density at radius 3 is 2.35 bits per heavy atom. The van der Waals surface area contributed by atoms with E-state index in [9.17, 15) is 9.59 Å². The van der Waals surface area contributed by atoms with Crippen LogP contribution in [0.3, 0.4) is 0 Å². The normalized spacial score (nSPS) is 11.6. The molecule has 0 aliphatic rings. The lowest BCUT2D eigenvalue weighted by molar-refractivity contribution is 0.703. The van der Waals surface area contributed by atoms with Gasteiger partial charge in [-0.3, -0.25) is 18.5 Å². The molecule has 0 amide bonds. The maximum absolute atomic E-state index is 12.9. The average Bonchev–Trinajstić information content (AvgIpc) is 3.21. The van der Waals surface area contributed by atoms with E-state index in [1.807, 2.05) is 85.7 Å². The molecule has 0 saturated heterocycles. The lowest BCUT2D eigenvalue weighted by atomic mass is 10.2. The van der Waals surface area contributed by atoms with Gasteiger partial charge in [0, 0.05) is 40.4 Å². The van der Waals surface area contributed by atoms with Crippen molar-refractivity contribution in [2.75, 3.05) is 24.4 Å². The van der Waals surface area contributed by atoms with Crippen molar-refractivity contribution in [2.45, 2.75) is 6.54 Å². The van der Waals surface area contributed by atoms with Crippen molar-refractivity contribution in [1.29, 1.82) is 0 Å². The summed E-state index contributed by atoms with van der Waals surface area (Å²) in [7, 11) is 7.03. The van der Waals surface area contributed by atoms with E-state index < -0.39 is 11.2 Å². The van der Waals surface area contributed by atoms with E-state index in [-0.39, 0.29) is 0 Å². The van der Waals surface area contributed by atoms with E-state index in [1.54, 1.807) is 17.8 Å². The second-order valence-corrected chi connectivity index (χ2v) is 8.09. The molecule has 0 bridgehead atoms. The maximum atomic E-state index is 12.9. The van der Waals surface area contributed by atoms with Gasteiger partial charge in [-0.25, -0.2) is 10.2 Å². The summed E-state index contributed by atoms with van der Waals surface area (Å²) in [5.41, 5.74) is 5.78. The highest BCUT2D eigenvalue weighted by Crippen LogP contribution is 2.17. The zero-order valence-electron chi connectivity index (χ0n) is 19.6. The van der Waals surface area contributed by atoms with Crippen molar-refractivity contribution < 1.29 is 0 Å². The third-order valence-electron chi connectivity index (χ3n) is 5.53. The first-order valence-electron chi connectivity index (χ1n) is 10.8. The van der Waals surface area contributed by atoms with Gasteiger partial charge in [0.1, 0.15) is 0 Å². The molecule has 1 N–H and O–H groups in total. The molecule has 0 aliphatic carbocycles. The molecular weight excluding hydrogens is 430 g/mol. The smallest absolute Gasteiger partial charge is 0.332 e. The van der Waals surface area contributed by atoms with Crippen molar-refractivity contribution >= 4 is 35.1 Å². The number of aromatic nitrogens is 4. The molecule has 34 heavy (non-hydrogen) atoms. The number of nitrogens with zero attached hydrogens (tertiary/aromatic N) is 6. The van der Waals surface area contributed by atoms with Crippen molar-refractivity contribution in [1.82, 2.24) is 18.7 Å². The molecule has 4 rings (SSSR count). The van der Waals surface area contributed by atoms with E-state index >= 15 is 0 Å². The van der Waals surface area contributed by atoms with E-state index in [1.165, 1.54) is 11.6 Å². The van der Waals surface area contributed by atoms with Crippen molar-refractivity contribution in [2.24, 2.45) is 19.2 Å². The van der Waals surface area contributed by atoms with Crippen molar-refractivity contribution in [3.63, 3.8) is 0 Å². The highest BCUT2D eigenvalue weighted by Gasteiger charge is 2.18. The van der Waals surface area contributed by atoms with E-state index in [4.69, 9.17) is 0 Å². The van der Waals surface area contributed by atoms with Gasteiger partial charge in [-0.15, -0.1) is 0 Å². The molecule has 2 aromatic heterocycles. The van der Waals surface area contributed by atoms with Crippen LogP contribution in [0.25, 0.3) is 17.2 Å². The van der Waals surface area contributed by atoms with Gasteiger partial charge in [0.15, 0.2) is 11.2 Å². The summed E-state index contributed by atoms with van der Waals surface area (Å²) in [5, 5.41) is 4.32. The van der Waals surface area contributed by atoms with Gasteiger partial charge >= 0.3 is 5.69 Å². The topological polar surface area (TPSA) is 89.5 Å². The molecule has 0 unspecified atom stereocenters. The van der Waals surface area contributed by atoms with Gasteiger partial charge in [0.25, 0.3) is 5.56 Å². The Morgan fingerprint density at radius 2 is 1.68 bits per heavy atom. The number of rotatable bonds is 7. The summed E-state index contributed by atoms with van der Waals surface area (Å²) in [6, 6.07) is 17.8. The maximum Gasteiger partial charge on any atom is 0.332 e. The molecule has 9 heteroatoms. The Labute approximate surface area is 196 Å². The number of hydrogen-bond donors (Lipinski definition) is 1. The third-order valence-corrected chi connectivity index (χ3v) is 5.53. The summed E-state index contributed by atoms with van der Waals surface area (Å²) in [4.78, 5) is 31.9. The molecule has 4 aromatic rings. The van der Waals surface area contributed by atoms with Crippen LogP contribution in [0.5, 0.6) is 0 Å². The lowest BCUT2D eigenvalue weighted by Gasteiger charge is -2.11. The molecule has 2 aromatic carbocycles. The number of allylic oxidation sites excluding steroid dienone is 1. The molecule has 0 atom stereocenters. The van der Waals surface area contributed by atoms with Crippen LogP contribution in [0.1, 0.15) is 11.1 Å². The highest BCUT2D eigenvalue weighted by atomic mass is 16.2. The second kappa shape index (κ2) is 9.62. The lowest BCUT2D eigenvalue weighted by Crippen LogP contribution is -2.37. The number of imidazole rings is 1. The van der Waals surface area contributed by atoms with E-state index in [0.717, 1.165) is 21.4 Å². The van der Waals surface area contributed by atoms with Crippen LogP contribution in [-0.2, 0) is 20.6 Å². The molecule has 0 fully saturated rings. The Balaban J connectivity index is 1.69. The fraction of sp³-hybridized carbons (Fsp3) is 0.200. The number of fused-ring (bicyclic) bond motifs is 1. The zero-order chi connectivity index (χ0) is 24.2. The van der Waals surface area contributed by atoms with E-state index in [2.05, 4.69) is 15.5 Å². The fourth-order valence-electron chi connectivity index (χ4n) is 3.59. The molecule has 0 spiro atoms. The van der Waals surface area contributed by atoms with Gasteiger partial charge < -0.3 is 4.90 Å². The SMILES string of the molecule is CN(C)c1ccc(C=NNc2nc3c(c(=O)n(C)c(=O)n3C)n2C/C=C\c2ccccc2)cc1. The molecule has 0 radical (unpaired) electrons. The Hall–Kier alpha value is -4.40. The molecule has 174 valence electrons. The number of hydrogen-bond acceptors (Lipinski definition) is 6. The monoisotopic (exact) mass is 457 g/mol. The Kier molecular flexibility index (Phi) is 6.44. The van der Waals surface area contributed by atoms with Crippen LogP contribution < -0.4 is 21.6 Å². The van der Waals surface area contributed by atoms with Crippen molar-refractivity contribution in [3.05, 3.63) is 92.6 Å². The molecule has 0 aliphatic heterocycles. The van der Waals surface area contributed by atoms with Crippen molar-refractivity contribution in [3.8, 4) is 0 Å². The first-order chi connectivity index (χ1) is 16.4. The van der Waals surface area contributed by atoms with E-state index in [0.29, 0.717) is 23.7 Å². The number of nitrogens with one attached hydrogen (secondary N) is 1. The zero-order valence-corrected chi connectivity index (χ0v) is 19.6. The summed E-state index contributed by atoms with van der Waals surface area (Å²) < 4.78 is 4.17. The second-order valence-electron chi connectivity index (χ2n) is 8.09. The van der Waals surface area contributed by atoms with Crippen LogP contribution in [0.4, 0.5) is 11.6 Å². The van der Waals surface area contributed by atoms with Crippen LogP contribution in [0, 0.1) is 0 Å². The molecule has 0 saturated carbocycles. The minimum atomic E-state index is -0.432. The Morgan fingerprint density at radius 1 is 0.971 bits per heavy atom.